The van der Waals surface area contributed by atoms with E-state index in [0.29, 0.717) is 32.1 Å². The molecular weight excluding hydrogens is 1110 g/mol. The SMILES string of the molecule is CN[C@H]1CC[C@H](O[C@H]2/C=C/C=C/C[C@@H](C)OC(=O)C[C@H]3OC(O[Si](C)(C)C(C)(C)C)C[C@@H](C[C@H]2C)[C@H](O[C@@H]2O[C@H](C)[C@@H](O[C@H]4C[C@@](C)(O)[C@@H](OC(=O)CCCc5cn(-c6cccc7ccccc67)nn5)[C@H](C)O4)[C@H](N(C)C)[C@H]2O)[C@H]3OC)O[C@@H]1C. The first-order valence-corrected chi connectivity index (χ1v) is 33.8. The van der Waals surface area contributed by atoms with E-state index in [-0.39, 0.29) is 54.4 Å². The van der Waals surface area contributed by atoms with Crippen LogP contribution in [0.4, 0.5) is 0 Å². The number of aromatic nitrogens is 3. The monoisotopic (exact) mass is 1210 g/mol. The number of hydrogen-bond donors (Lipinski definition) is 3. The predicted octanol–water partition coefficient (Wildman–Crippen LogP) is 8.48. The van der Waals surface area contributed by atoms with E-state index in [2.05, 4.69) is 81.6 Å². The number of esters is 2. The lowest BCUT2D eigenvalue weighted by molar-refractivity contribution is -0.343. The third kappa shape index (κ3) is 16.8. The van der Waals surface area contributed by atoms with Crippen LogP contribution in [0, 0.1) is 11.8 Å². The van der Waals surface area contributed by atoms with Crippen LogP contribution in [0.15, 0.2) is 73.0 Å². The third-order valence-corrected chi connectivity index (χ3v) is 22.8. The summed E-state index contributed by atoms with van der Waals surface area (Å²) in [7, 11) is 4.74. The molecule has 4 fully saturated rings. The number of ether oxygens (including phenoxy) is 10. The van der Waals surface area contributed by atoms with Crippen LogP contribution in [0.25, 0.3) is 16.5 Å². The zero-order valence-corrected chi connectivity index (χ0v) is 54.0. The highest BCUT2D eigenvalue weighted by Gasteiger charge is 2.54. The molecule has 20 nitrogen and oxygen atoms in total. The molecular formula is C64H99N5O15Si. The smallest absolute Gasteiger partial charge is 0.308 e. The van der Waals surface area contributed by atoms with Crippen molar-refractivity contribution in [2.75, 3.05) is 28.3 Å². The summed E-state index contributed by atoms with van der Waals surface area (Å²) in [6.45, 7) is 22.2. The molecule has 0 aliphatic carbocycles. The van der Waals surface area contributed by atoms with E-state index < -0.39 is 112 Å². The van der Waals surface area contributed by atoms with Gasteiger partial charge in [0, 0.05) is 44.2 Å². The Kier molecular flexibility index (Phi) is 22.9. The molecule has 4 saturated heterocycles. The lowest BCUT2D eigenvalue weighted by Crippen LogP contribution is -2.65. The molecule has 5 aliphatic heterocycles. The average Bonchev–Trinajstić information content (AvgIpc) is 2.80. The van der Waals surface area contributed by atoms with Crippen LogP contribution in [0.5, 0.6) is 0 Å². The molecule has 3 N–H and O–H groups in total. The number of likely N-dealkylation sites (N-methyl/N-ethyl adjacent to an activating group) is 2. The average molecular weight is 1210 g/mol. The molecule has 20 atom stereocenters. The van der Waals surface area contributed by atoms with E-state index in [1.165, 1.54) is 0 Å². The number of cyclic esters (lactones) is 1. The number of allylic oxidation sites excluding steroid dienone is 2. The first-order chi connectivity index (χ1) is 40.2. The molecule has 0 saturated carbocycles. The van der Waals surface area contributed by atoms with Gasteiger partial charge in [0.05, 0.1) is 66.7 Å². The number of aliphatic hydroxyl groups excluding tert-OH is 1. The van der Waals surface area contributed by atoms with E-state index in [9.17, 15) is 19.8 Å². The van der Waals surface area contributed by atoms with Crippen molar-refractivity contribution >= 4 is 31.0 Å². The number of nitrogens with one attached hydrogen (secondary N) is 1. The van der Waals surface area contributed by atoms with Gasteiger partial charge in [-0.25, -0.2) is 4.68 Å². The van der Waals surface area contributed by atoms with Gasteiger partial charge in [-0.1, -0.05) is 93.6 Å². The highest BCUT2D eigenvalue weighted by molar-refractivity contribution is 6.74. The zero-order valence-electron chi connectivity index (χ0n) is 53.0. The zero-order chi connectivity index (χ0) is 61.5. The van der Waals surface area contributed by atoms with Crippen molar-refractivity contribution in [2.45, 2.75) is 255 Å². The number of rotatable bonds is 17. The van der Waals surface area contributed by atoms with E-state index in [1.807, 2.05) is 94.6 Å². The summed E-state index contributed by atoms with van der Waals surface area (Å²) in [5.74, 6) is -1.41. The van der Waals surface area contributed by atoms with Crippen LogP contribution in [-0.4, -0.2) is 189 Å². The van der Waals surface area contributed by atoms with Crippen molar-refractivity contribution in [3.8, 4) is 5.69 Å². The van der Waals surface area contributed by atoms with Gasteiger partial charge < -0.3 is 72.2 Å². The van der Waals surface area contributed by atoms with Crippen molar-refractivity contribution in [1.29, 1.82) is 0 Å². The van der Waals surface area contributed by atoms with Gasteiger partial charge >= 0.3 is 11.9 Å². The Morgan fingerprint density at radius 1 is 0.894 bits per heavy atom. The van der Waals surface area contributed by atoms with Gasteiger partial charge in [0.1, 0.15) is 36.3 Å². The molecule has 5 aliphatic rings. The fraction of sp³-hybridized carbons (Fsp3) is 0.719. The largest absolute Gasteiger partial charge is 0.462 e. The number of aliphatic hydroxyl groups is 2. The Bertz CT molecular complexity index is 2700. The minimum atomic E-state index is -2.50. The van der Waals surface area contributed by atoms with Crippen LogP contribution in [0.2, 0.25) is 18.1 Å². The molecule has 0 spiro atoms. The summed E-state index contributed by atoms with van der Waals surface area (Å²) in [5, 5.41) is 38.7. The number of carbonyl (C=O) groups excluding carboxylic acids is 2. The fourth-order valence-corrected chi connectivity index (χ4v) is 13.8. The number of nitrogens with zero attached hydrogens (tertiary/aromatic N) is 4. The second kappa shape index (κ2) is 29.1. The Balaban J connectivity index is 0.982. The van der Waals surface area contributed by atoms with Crippen LogP contribution >= 0.6 is 0 Å². The second-order valence-electron chi connectivity index (χ2n) is 26.4. The summed E-state index contributed by atoms with van der Waals surface area (Å²) in [6.07, 6.45) is 2.43. The summed E-state index contributed by atoms with van der Waals surface area (Å²) in [6, 6.07) is 13.6. The number of aryl methyl sites for hydroxylation is 1. The molecule has 21 heteroatoms. The number of hydrogen-bond acceptors (Lipinski definition) is 19. The molecule has 3 aromatic rings. The van der Waals surface area contributed by atoms with Crippen LogP contribution < -0.4 is 5.32 Å². The summed E-state index contributed by atoms with van der Waals surface area (Å²) >= 11 is 0. The van der Waals surface area contributed by atoms with Gasteiger partial charge in [0.15, 0.2) is 33.3 Å². The van der Waals surface area contributed by atoms with Gasteiger partial charge in [-0.3, -0.25) is 9.59 Å². The quantitative estimate of drug-likeness (QED) is 0.0852. The van der Waals surface area contributed by atoms with Crippen molar-refractivity contribution in [2.24, 2.45) is 11.8 Å². The van der Waals surface area contributed by atoms with E-state index in [0.717, 1.165) is 35.0 Å². The maximum Gasteiger partial charge on any atom is 0.308 e. The highest BCUT2D eigenvalue weighted by atomic mass is 28.4. The Hall–Kier alpha value is -4.04. The lowest BCUT2D eigenvalue weighted by atomic mass is 9.82. The molecule has 0 radical (unpaired) electrons. The first-order valence-electron chi connectivity index (χ1n) is 30.9. The van der Waals surface area contributed by atoms with Gasteiger partial charge in [-0.2, -0.15) is 0 Å². The molecule has 8 rings (SSSR count). The molecule has 2 aromatic carbocycles. The second-order valence-corrected chi connectivity index (χ2v) is 31.1. The molecule has 1 unspecified atom stereocenters. The maximum absolute atomic E-state index is 14.0. The Labute approximate surface area is 505 Å². The predicted molar refractivity (Wildman–Crippen MR) is 323 cm³/mol. The maximum atomic E-state index is 14.0. The summed E-state index contributed by atoms with van der Waals surface area (Å²) < 4.78 is 74.8. The summed E-state index contributed by atoms with van der Waals surface area (Å²) in [4.78, 5) is 29.3. The molecule has 474 valence electrons. The fourth-order valence-electron chi connectivity index (χ4n) is 12.6. The topological polar surface area (TPSA) is 222 Å². The standard InChI is InChI=1S/C64H99N5O15Si/c1-38-33-44-34-54(84-85(14,15)63(6,7)8)80-50(35-52(71)75-39(2)23-17-16-18-29-49(38)79-53-32-31-47(65-10)40(3)76-53)60(74-13)59(44)83-62-57(72)56(68(11)12)58(41(4)78-62)82-55-36-64(9,73)61(42(5)77-55)81-51(70)30-22-26-45-37-69(67-66-45)48-28-21-25-43-24-19-20-27-46(43)48/h16-21,24-25,27-29,37-42,44,47,49-50,53-62,65,72-73H,22-23,26,30-36H2,1-15H3/b17-16+,29-18+/t38-,39-,40-,41-,42+,44-,47+,49+,50-,53+,54?,55+,56-,57-,58-,59+,60+,61+,62+,64-/m1/s1. The van der Waals surface area contributed by atoms with E-state index in [4.69, 9.17) is 51.8 Å². The van der Waals surface area contributed by atoms with Gasteiger partial charge in [-0.05, 0) is 129 Å². The van der Waals surface area contributed by atoms with Gasteiger partial charge in [-0.15, -0.1) is 5.10 Å². The minimum absolute atomic E-state index is 0.0390. The van der Waals surface area contributed by atoms with Crippen LogP contribution in [0.1, 0.15) is 126 Å². The number of fused-ring (bicyclic) bond motifs is 4. The minimum Gasteiger partial charge on any atom is -0.462 e. The van der Waals surface area contributed by atoms with Crippen molar-refractivity contribution in [3.05, 3.63) is 78.7 Å². The van der Waals surface area contributed by atoms with E-state index in [1.54, 1.807) is 25.6 Å². The van der Waals surface area contributed by atoms with Crippen LogP contribution in [0.3, 0.4) is 0 Å². The lowest BCUT2D eigenvalue weighted by Gasteiger charge is -2.50. The third-order valence-electron chi connectivity index (χ3n) is 18.3. The van der Waals surface area contributed by atoms with E-state index >= 15 is 0 Å². The Morgan fingerprint density at radius 2 is 1.64 bits per heavy atom. The highest BCUT2D eigenvalue weighted by Crippen LogP contribution is 2.44. The van der Waals surface area contributed by atoms with Crippen molar-refractivity contribution < 1.29 is 71.6 Å². The summed E-state index contributed by atoms with van der Waals surface area (Å²) in [5.41, 5.74) is 0.111. The normalized spacial score (nSPS) is 37.3. The molecule has 0 amide bonds. The molecule has 1 aromatic heterocycles. The first kappa shape index (κ1) is 66.9. The number of carbonyl (C=O) groups is 2. The number of benzene rings is 2. The van der Waals surface area contributed by atoms with Gasteiger partial charge in [0.2, 0.25) is 0 Å². The Morgan fingerprint density at radius 3 is 2.34 bits per heavy atom. The van der Waals surface area contributed by atoms with Gasteiger partial charge in [0.25, 0.3) is 0 Å². The molecule has 2 bridgehead atoms. The molecule has 85 heavy (non-hydrogen) atoms. The number of methoxy groups -OCH3 is 1. The molecule has 6 heterocycles. The van der Waals surface area contributed by atoms with Crippen molar-refractivity contribution in [3.63, 3.8) is 0 Å². The van der Waals surface area contributed by atoms with Crippen LogP contribution in [-0.2, 0) is 67.8 Å². The van der Waals surface area contributed by atoms with Crippen molar-refractivity contribution in [1.82, 2.24) is 25.2 Å².